The maximum absolute atomic E-state index is 5.90. The van der Waals surface area contributed by atoms with Gasteiger partial charge in [0.1, 0.15) is 16.6 Å². The van der Waals surface area contributed by atoms with Gasteiger partial charge < -0.3 is 13.6 Å². The molecule has 0 aromatic heterocycles. The predicted molar refractivity (Wildman–Crippen MR) is 62.9 cm³/mol. The molecule has 1 heterocycles. The van der Waals surface area contributed by atoms with Crippen molar-refractivity contribution in [3.8, 4) is 0 Å². The molecule has 0 radical (unpaired) electrons. The molecule has 84 valence electrons. The zero-order valence-corrected chi connectivity index (χ0v) is 12.7. The number of hydrogen-bond donors (Lipinski definition) is 0. The lowest BCUT2D eigenvalue weighted by Crippen LogP contribution is -2.46. The average Bonchev–Trinajstić information content (AvgIpc) is 2.95. The molecule has 3 nitrogen and oxygen atoms in total. The molecule has 5 heteroatoms. The van der Waals surface area contributed by atoms with Crippen LogP contribution in [0.25, 0.3) is 0 Å². The Balaban J connectivity index is 2.35. The second-order valence-corrected chi connectivity index (χ2v) is 9.86. The predicted octanol–water partition coefficient (Wildman–Crippen LogP) is 0.612. The van der Waals surface area contributed by atoms with Crippen molar-refractivity contribution in [3.63, 3.8) is 0 Å². The number of ether oxygens (including phenoxy) is 2. The minimum absolute atomic E-state index is 0.342. The van der Waals surface area contributed by atoms with Crippen molar-refractivity contribution in [3.05, 3.63) is 0 Å². The molecule has 1 aliphatic rings. The van der Waals surface area contributed by atoms with E-state index in [4.69, 9.17) is 13.6 Å². The Morgan fingerprint density at radius 1 is 1.57 bits per heavy atom. The largest absolute Gasteiger partial charge is 0.462 e. The maximum Gasteiger partial charge on any atom is 0.202 e. The summed E-state index contributed by atoms with van der Waals surface area (Å²) >= 11 is 0. The van der Waals surface area contributed by atoms with Gasteiger partial charge in [-0.1, -0.05) is 13.3 Å². The molecule has 0 aliphatic carbocycles. The highest BCUT2D eigenvalue weighted by molar-refractivity contribution is 6.74. The van der Waals surface area contributed by atoms with Crippen LogP contribution in [-0.2, 0) is 13.6 Å². The number of hydrogen-bond acceptors (Lipinski definition) is 3. The van der Waals surface area contributed by atoms with Gasteiger partial charge in [0.25, 0.3) is 0 Å². The van der Waals surface area contributed by atoms with Crippen LogP contribution in [0.2, 0.25) is 13.1 Å². The standard InChI is InChI=1S/C9H22O3Si2/c1-4-5-9(14(2,3)12-13)11-7-8-6-10-8/h8-9H,4-7H2,1-3,13H3. The minimum Gasteiger partial charge on any atom is -0.462 e. The van der Waals surface area contributed by atoms with Crippen molar-refractivity contribution >= 4 is 18.8 Å². The molecule has 1 aliphatic heterocycles. The molecule has 14 heavy (non-hydrogen) atoms. The van der Waals surface area contributed by atoms with Crippen LogP contribution in [-0.4, -0.2) is 43.8 Å². The lowest BCUT2D eigenvalue weighted by molar-refractivity contribution is 0.0723. The van der Waals surface area contributed by atoms with E-state index in [-0.39, 0.29) is 0 Å². The van der Waals surface area contributed by atoms with Crippen LogP contribution in [0.3, 0.4) is 0 Å². The molecule has 0 amide bonds. The first-order valence-electron chi connectivity index (χ1n) is 5.38. The summed E-state index contributed by atoms with van der Waals surface area (Å²) in [6.45, 7) is 8.32. The minimum atomic E-state index is -1.58. The topological polar surface area (TPSA) is 31.0 Å². The monoisotopic (exact) mass is 234 g/mol. The van der Waals surface area contributed by atoms with Crippen LogP contribution >= 0.6 is 0 Å². The van der Waals surface area contributed by atoms with Crippen LogP contribution in [0.5, 0.6) is 0 Å². The molecular weight excluding hydrogens is 212 g/mol. The van der Waals surface area contributed by atoms with E-state index in [0.29, 0.717) is 11.8 Å². The third-order valence-corrected chi connectivity index (χ3v) is 8.95. The zero-order chi connectivity index (χ0) is 10.6. The lowest BCUT2D eigenvalue weighted by Gasteiger charge is -2.31. The van der Waals surface area contributed by atoms with Crippen LogP contribution in [0.15, 0.2) is 0 Å². The Hall–Kier alpha value is 0.314. The Bertz CT molecular complexity index is 171. The van der Waals surface area contributed by atoms with Gasteiger partial charge in [0.15, 0.2) is 0 Å². The highest BCUT2D eigenvalue weighted by Gasteiger charge is 2.34. The van der Waals surface area contributed by atoms with E-state index in [1.54, 1.807) is 0 Å². The van der Waals surface area contributed by atoms with Crippen LogP contribution in [0.1, 0.15) is 19.8 Å². The van der Waals surface area contributed by atoms with E-state index in [1.165, 1.54) is 0 Å². The van der Waals surface area contributed by atoms with Gasteiger partial charge in [-0.25, -0.2) is 0 Å². The van der Waals surface area contributed by atoms with E-state index >= 15 is 0 Å². The third-order valence-electron chi connectivity index (χ3n) is 2.74. The van der Waals surface area contributed by atoms with Gasteiger partial charge in [-0.05, 0) is 19.5 Å². The second-order valence-electron chi connectivity index (χ2n) is 4.37. The quantitative estimate of drug-likeness (QED) is 0.478. The van der Waals surface area contributed by atoms with E-state index in [2.05, 4.69) is 20.0 Å². The van der Waals surface area contributed by atoms with E-state index in [9.17, 15) is 0 Å². The zero-order valence-electron chi connectivity index (χ0n) is 9.71. The molecule has 0 aromatic rings. The normalized spacial score (nSPS) is 23.8. The van der Waals surface area contributed by atoms with Crippen molar-refractivity contribution < 1.29 is 13.6 Å². The van der Waals surface area contributed by atoms with Crippen molar-refractivity contribution in [2.24, 2.45) is 0 Å². The Morgan fingerprint density at radius 2 is 2.21 bits per heavy atom. The van der Waals surface area contributed by atoms with E-state index in [1.807, 2.05) is 0 Å². The smallest absolute Gasteiger partial charge is 0.202 e. The summed E-state index contributed by atoms with van der Waals surface area (Å²) in [6, 6.07) is 0. The Kier molecular flexibility index (Phi) is 4.79. The van der Waals surface area contributed by atoms with Crippen LogP contribution < -0.4 is 0 Å². The lowest BCUT2D eigenvalue weighted by atomic mass is 10.3. The van der Waals surface area contributed by atoms with Gasteiger partial charge in [-0.15, -0.1) is 0 Å². The second kappa shape index (κ2) is 5.41. The van der Waals surface area contributed by atoms with E-state index in [0.717, 1.165) is 36.5 Å². The van der Waals surface area contributed by atoms with Crippen molar-refractivity contribution in [1.29, 1.82) is 0 Å². The third kappa shape index (κ3) is 3.82. The Morgan fingerprint density at radius 3 is 2.64 bits per heavy atom. The molecule has 1 fully saturated rings. The molecule has 0 N–H and O–H groups in total. The molecule has 2 unspecified atom stereocenters. The highest BCUT2D eigenvalue weighted by Crippen LogP contribution is 2.19. The van der Waals surface area contributed by atoms with Crippen LogP contribution in [0.4, 0.5) is 0 Å². The van der Waals surface area contributed by atoms with Crippen molar-refractivity contribution in [2.75, 3.05) is 13.2 Å². The molecule has 1 saturated heterocycles. The summed E-state index contributed by atoms with van der Waals surface area (Å²) < 4.78 is 16.8. The average molecular weight is 234 g/mol. The summed E-state index contributed by atoms with van der Waals surface area (Å²) in [5.74, 6) is 0. The SMILES string of the molecule is CCCC(OCC1CO1)[Si](C)(C)O[SiH3]. The summed E-state index contributed by atoms with van der Waals surface area (Å²) in [4.78, 5) is 0. The molecule has 0 aromatic carbocycles. The maximum atomic E-state index is 5.90. The summed E-state index contributed by atoms with van der Waals surface area (Å²) in [5.41, 5.74) is 0.342. The number of epoxide rings is 1. The van der Waals surface area contributed by atoms with Gasteiger partial charge in [-0.3, -0.25) is 0 Å². The fourth-order valence-electron chi connectivity index (χ4n) is 1.41. The molecular formula is C9H22O3Si2. The molecule has 2 atom stereocenters. The summed E-state index contributed by atoms with van der Waals surface area (Å²) in [5, 5.41) is 0. The van der Waals surface area contributed by atoms with Crippen molar-refractivity contribution in [1.82, 2.24) is 0 Å². The molecule has 0 spiro atoms. The van der Waals surface area contributed by atoms with Crippen LogP contribution in [0, 0.1) is 0 Å². The Labute approximate surface area is 90.8 Å². The van der Waals surface area contributed by atoms with E-state index < -0.39 is 8.32 Å². The first kappa shape index (κ1) is 12.4. The van der Waals surface area contributed by atoms with Gasteiger partial charge in [0.05, 0.1) is 18.9 Å². The molecule has 0 saturated carbocycles. The first-order valence-corrected chi connectivity index (χ1v) is 9.18. The molecule has 0 bridgehead atoms. The van der Waals surface area contributed by atoms with Gasteiger partial charge in [0.2, 0.25) is 8.32 Å². The summed E-state index contributed by atoms with van der Waals surface area (Å²) in [7, 11) is -0.761. The fraction of sp³-hybridized carbons (Fsp3) is 1.00. The highest BCUT2D eigenvalue weighted by atomic mass is 28.4. The first-order chi connectivity index (χ1) is 6.60. The number of rotatable bonds is 7. The summed E-state index contributed by atoms with van der Waals surface area (Å²) in [6.07, 6.45) is 2.65. The molecule has 1 rings (SSSR count). The van der Waals surface area contributed by atoms with Crippen molar-refractivity contribution in [2.45, 2.75) is 44.7 Å². The van der Waals surface area contributed by atoms with Gasteiger partial charge in [-0.2, -0.15) is 0 Å². The van der Waals surface area contributed by atoms with Gasteiger partial charge >= 0.3 is 0 Å². The fourth-order valence-corrected chi connectivity index (χ4v) is 3.95. The van der Waals surface area contributed by atoms with Gasteiger partial charge in [0, 0.05) is 0 Å².